The Morgan fingerprint density at radius 3 is 2.55 bits per heavy atom. The number of unbranched alkanes of at least 4 members (excludes halogenated alkanes) is 1. The van der Waals surface area contributed by atoms with E-state index in [0.29, 0.717) is 5.54 Å². The molecule has 1 aliphatic carbocycles. The summed E-state index contributed by atoms with van der Waals surface area (Å²) in [5, 5.41) is 3.85. The minimum atomic E-state index is 0.380. The summed E-state index contributed by atoms with van der Waals surface area (Å²) in [4.78, 5) is 2.84. The first kappa shape index (κ1) is 16.3. The Hall–Kier alpha value is -0.0800. The number of nitrogens with zero attached hydrogens (tertiary/aromatic N) is 1. The number of hydrogen-bond acceptors (Lipinski definition) is 2. The lowest BCUT2D eigenvalue weighted by Gasteiger charge is -2.49. The predicted octanol–water partition coefficient (Wildman–Crippen LogP) is 4.06. The van der Waals surface area contributed by atoms with E-state index in [0.717, 1.165) is 17.9 Å². The normalized spacial score (nSPS) is 33.3. The molecule has 2 aliphatic rings. The molecule has 0 amide bonds. The van der Waals surface area contributed by atoms with Crippen molar-refractivity contribution in [1.29, 1.82) is 0 Å². The van der Waals surface area contributed by atoms with Gasteiger partial charge in [0.2, 0.25) is 0 Å². The Labute approximate surface area is 126 Å². The molecule has 1 heterocycles. The molecule has 118 valence electrons. The molecule has 20 heavy (non-hydrogen) atoms. The summed E-state index contributed by atoms with van der Waals surface area (Å²) in [6.07, 6.45) is 9.69. The van der Waals surface area contributed by atoms with Crippen molar-refractivity contribution in [3.05, 3.63) is 0 Å². The van der Waals surface area contributed by atoms with E-state index in [2.05, 4.69) is 37.9 Å². The van der Waals surface area contributed by atoms with E-state index in [-0.39, 0.29) is 0 Å². The highest BCUT2D eigenvalue weighted by Gasteiger charge is 2.41. The third-order valence-corrected chi connectivity index (χ3v) is 5.90. The molecule has 1 aliphatic heterocycles. The van der Waals surface area contributed by atoms with E-state index in [1.807, 2.05) is 0 Å². The zero-order valence-electron chi connectivity index (χ0n) is 14.3. The van der Waals surface area contributed by atoms with Gasteiger partial charge in [-0.1, -0.05) is 40.0 Å². The van der Waals surface area contributed by atoms with Gasteiger partial charge in [0.05, 0.1) is 0 Å². The van der Waals surface area contributed by atoms with Gasteiger partial charge in [-0.2, -0.15) is 0 Å². The lowest BCUT2D eigenvalue weighted by molar-refractivity contribution is 0.0284. The van der Waals surface area contributed by atoms with Crippen LogP contribution in [0.15, 0.2) is 0 Å². The first-order chi connectivity index (χ1) is 9.62. The summed E-state index contributed by atoms with van der Waals surface area (Å²) in [5.74, 6) is 1.88. The van der Waals surface area contributed by atoms with E-state index < -0.39 is 0 Å². The Bertz CT molecular complexity index is 287. The zero-order chi connectivity index (χ0) is 14.6. The fraction of sp³-hybridized carbons (Fsp3) is 1.00. The standard InChI is InChI=1S/C18H36N2/c1-5-8-9-15(6-2)12-20-13-17(16-10-11-16)19-14-18(20,4)7-3/h15-17,19H,5-14H2,1-4H3. The molecule has 1 saturated heterocycles. The highest BCUT2D eigenvalue weighted by molar-refractivity contribution is 5.00. The van der Waals surface area contributed by atoms with Crippen LogP contribution >= 0.6 is 0 Å². The molecule has 2 fully saturated rings. The summed E-state index contributed by atoms with van der Waals surface area (Å²) in [6.45, 7) is 13.3. The molecular weight excluding hydrogens is 244 g/mol. The second kappa shape index (κ2) is 7.26. The van der Waals surface area contributed by atoms with Crippen LogP contribution in [0, 0.1) is 11.8 Å². The SMILES string of the molecule is CCCCC(CC)CN1CC(C2CC2)NCC1(C)CC. The molecule has 0 spiro atoms. The second-order valence-electron chi connectivity index (χ2n) is 7.50. The van der Waals surface area contributed by atoms with Crippen molar-refractivity contribution in [2.24, 2.45) is 11.8 Å². The molecule has 0 bridgehead atoms. The molecule has 3 unspecified atom stereocenters. The van der Waals surface area contributed by atoms with E-state index in [1.54, 1.807) is 0 Å². The van der Waals surface area contributed by atoms with Crippen molar-refractivity contribution < 1.29 is 0 Å². The summed E-state index contributed by atoms with van der Waals surface area (Å²) in [7, 11) is 0. The van der Waals surface area contributed by atoms with Crippen molar-refractivity contribution in [3.63, 3.8) is 0 Å². The van der Waals surface area contributed by atoms with Crippen molar-refractivity contribution in [2.75, 3.05) is 19.6 Å². The number of piperazine rings is 1. The van der Waals surface area contributed by atoms with Crippen molar-refractivity contribution in [2.45, 2.75) is 84.2 Å². The molecule has 0 aromatic heterocycles. The van der Waals surface area contributed by atoms with Crippen LogP contribution in [0.2, 0.25) is 0 Å². The summed E-state index contributed by atoms with van der Waals surface area (Å²) in [5.41, 5.74) is 0.380. The van der Waals surface area contributed by atoms with Gasteiger partial charge in [0, 0.05) is 31.2 Å². The Balaban J connectivity index is 1.94. The van der Waals surface area contributed by atoms with Gasteiger partial charge in [-0.05, 0) is 44.4 Å². The van der Waals surface area contributed by atoms with Crippen LogP contribution in [-0.2, 0) is 0 Å². The molecule has 2 heteroatoms. The molecule has 1 saturated carbocycles. The smallest absolute Gasteiger partial charge is 0.0304 e. The third kappa shape index (κ3) is 3.98. The fourth-order valence-electron chi connectivity index (χ4n) is 3.67. The van der Waals surface area contributed by atoms with Crippen LogP contribution in [-0.4, -0.2) is 36.1 Å². The predicted molar refractivity (Wildman–Crippen MR) is 88.1 cm³/mol. The summed E-state index contributed by atoms with van der Waals surface area (Å²) in [6, 6.07) is 0.776. The largest absolute Gasteiger partial charge is 0.311 e. The van der Waals surface area contributed by atoms with Crippen molar-refractivity contribution >= 4 is 0 Å². The lowest BCUT2D eigenvalue weighted by atomic mass is 9.88. The van der Waals surface area contributed by atoms with Gasteiger partial charge in [-0.15, -0.1) is 0 Å². The van der Waals surface area contributed by atoms with Crippen molar-refractivity contribution in [1.82, 2.24) is 10.2 Å². The molecule has 3 atom stereocenters. The summed E-state index contributed by atoms with van der Waals surface area (Å²) < 4.78 is 0. The third-order valence-electron chi connectivity index (χ3n) is 5.90. The average Bonchev–Trinajstić information content (AvgIpc) is 3.30. The fourth-order valence-corrected chi connectivity index (χ4v) is 3.67. The highest BCUT2D eigenvalue weighted by atomic mass is 15.3. The van der Waals surface area contributed by atoms with Gasteiger partial charge in [0.15, 0.2) is 0 Å². The number of hydrogen-bond donors (Lipinski definition) is 1. The maximum absolute atomic E-state index is 3.85. The molecule has 0 aromatic carbocycles. The molecule has 0 aromatic rings. The van der Waals surface area contributed by atoms with Gasteiger partial charge in [-0.3, -0.25) is 4.90 Å². The topological polar surface area (TPSA) is 15.3 Å². The van der Waals surface area contributed by atoms with Crippen LogP contribution in [0.25, 0.3) is 0 Å². The molecule has 0 radical (unpaired) electrons. The van der Waals surface area contributed by atoms with Gasteiger partial charge in [0.1, 0.15) is 0 Å². The van der Waals surface area contributed by atoms with Crippen LogP contribution < -0.4 is 5.32 Å². The molecule has 1 N–H and O–H groups in total. The van der Waals surface area contributed by atoms with E-state index in [1.165, 1.54) is 64.6 Å². The van der Waals surface area contributed by atoms with Crippen LogP contribution in [0.3, 0.4) is 0 Å². The molecular formula is C18H36N2. The van der Waals surface area contributed by atoms with E-state index in [4.69, 9.17) is 0 Å². The molecule has 2 rings (SSSR count). The first-order valence-electron chi connectivity index (χ1n) is 9.11. The van der Waals surface area contributed by atoms with Gasteiger partial charge in [-0.25, -0.2) is 0 Å². The van der Waals surface area contributed by atoms with Gasteiger partial charge >= 0.3 is 0 Å². The minimum Gasteiger partial charge on any atom is -0.311 e. The second-order valence-corrected chi connectivity index (χ2v) is 7.50. The quantitative estimate of drug-likeness (QED) is 0.721. The zero-order valence-corrected chi connectivity index (χ0v) is 14.3. The van der Waals surface area contributed by atoms with Crippen molar-refractivity contribution in [3.8, 4) is 0 Å². The molecule has 2 nitrogen and oxygen atoms in total. The van der Waals surface area contributed by atoms with Gasteiger partial charge < -0.3 is 5.32 Å². The van der Waals surface area contributed by atoms with Crippen LogP contribution in [0.4, 0.5) is 0 Å². The van der Waals surface area contributed by atoms with E-state index in [9.17, 15) is 0 Å². The van der Waals surface area contributed by atoms with Crippen LogP contribution in [0.5, 0.6) is 0 Å². The maximum atomic E-state index is 3.85. The van der Waals surface area contributed by atoms with Gasteiger partial charge in [0.25, 0.3) is 0 Å². The average molecular weight is 280 g/mol. The number of nitrogens with one attached hydrogen (secondary N) is 1. The first-order valence-corrected chi connectivity index (χ1v) is 9.11. The maximum Gasteiger partial charge on any atom is 0.0304 e. The minimum absolute atomic E-state index is 0.380. The highest BCUT2D eigenvalue weighted by Crippen LogP contribution is 2.36. The summed E-state index contributed by atoms with van der Waals surface area (Å²) >= 11 is 0. The monoisotopic (exact) mass is 280 g/mol. The Morgan fingerprint density at radius 2 is 2.00 bits per heavy atom. The van der Waals surface area contributed by atoms with E-state index >= 15 is 0 Å². The Morgan fingerprint density at radius 1 is 1.25 bits per heavy atom. The van der Waals surface area contributed by atoms with Crippen LogP contribution in [0.1, 0.15) is 72.6 Å². The lowest BCUT2D eigenvalue weighted by Crippen LogP contribution is -2.64. The Kier molecular flexibility index (Phi) is 5.92. The number of rotatable bonds is 8.